The number of nitrogens with zero attached hydrogens (tertiary/aromatic N) is 2. The average molecular weight is 234 g/mol. The van der Waals surface area contributed by atoms with Gasteiger partial charge in [0.1, 0.15) is 17.5 Å². The van der Waals surface area contributed by atoms with Gasteiger partial charge >= 0.3 is 0 Å². The molecule has 1 aliphatic carbocycles. The first-order valence-electron chi connectivity index (χ1n) is 6.49. The van der Waals surface area contributed by atoms with Crippen LogP contribution in [0.2, 0.25) is 0 Å². The summed E-state index contributed by atoms with van der Waals surface area (Å²) < 4.78 is 0. The fraction of sp³-hybridized carbons (Fsp3) is 0.692. The molecule has 0 saturated heterocycles. The predicted octanol–water partition coefficient (Wildman–Crippen LogP) is 2.70. The molecule has 0 aliphatic heterocycles. The molecule has 0 radical (unpaired) electrons. The van der Waals surface area contributed by atoms with E-state index in [1.807, 2.05) is 6.92 Å². The molecule has 1 aliphatic rings. The van der Waals surface area contributed by atoms with Crippen molar-refractivity contribution >= 4 is 11.6 Å². The van der Waals surface area contributed by atoms with E-state index in [1.54, 1.807) is 0 Å². The highest BCUT2D eigenvalue weighted by Crippen LogP contribution is 2.39. The zero-order chi connectivity index (χ0) is 12.4. The lowest BCUT2D eigenvalue weighted by atomic mass is 10.1. The summed E-state index contributed by atoms with van der Waals surface area (Å²) in [5.41, 5.74) is 6.90. The zero-order valence-corrected chi connectivity index (χ0v) is 11.0. The summed E-state index contributed by atoms with van der Waals surface area (Å²) in [6, 6.07) is 0. The van der Waals surface area contributed by atoms with Gasteiger partial charge in [-0.05, 0) is 25.7 Å². The van der Waals surface area contributed by atoms with Crippen molar-refractivity contribution in [2.75, 3.05) is 17.6 Å². The standard InChI is InChI=1S/C13H22N4/c1-4-8(2)7-15-12-9(3)11(14)16-13(17-12)10-5-6-10/h8,10H,4-7H2,1-3H3,(H3,14,15,16,17). The quantitative estimate of drug-likeness (QED) is 0.822. The van der Waals surface area contributed by atoms with Gasteiger partial charge in [-0.2, -0.15) is 0 Å². The van der Waals surface area contributed by atoms with E-state index in [-0.39, 0.29) is 0 Å². The normalized spacial score (nSPS) is 16.9. The average Bonchev–Trinajstić information content (AvgIpc) is 3.14. The van der Waals surface area contributed by atoms with Crippen molar-refractivity contribution in [3.8, 4) is 0 Å². The zero-order valence-electron chi connectivity index (χ0n) is 11.0. The van der Waals surface area contributed by atoms with Gasteiger partial charge in [0.2, 0.25) is 0 Å². The Labute approximate surface area is 103 Å². The van der Waals surface area contributed by atoms with Crippen LogP contribution in [0, 0.1) is 12.8 Å². The summed E-state index contributed by atoms with van der Waals surface area (Å²) in [4.78, 5) is 8.97. The third-order valence-corrected chi connectivity index (χ3v) is 3.46. The van der Waals surface area contributed by atoms with Crippen molar-refractivity contribution in [2.45, 2.75) is 46.0 Å². The third kappa shape index (κ3) is 2.87. The molecule has 0 aromatic carbocycles. The number of nitrogens with one attached hydrogen (secondary N) is 1. The van der Waals surface area contributed by atoms with Crippen LogP contribution in [0.5, 0.6) is 0 Å². The minimum absolute atomic E-state index is 0.544. The Bertz CT molecular complexity index is 399. The molecule has 1 fully saturated rings. The van der Waals surface area contributed by atoms with Gasteiger partial charge in [-0.1, -0.05) is 20.3 Å². The van der Waals surface area contributed by atoms with E-state index in [0.29, 0.717) is 17.7 Å². The number of anilines is 2. The largest absolute Gasteiger partial charge is 0.383 e. The maximum Gasteiger partial charge on any atom is 0.136 e. The van der Waals surface area contributed by atoms with Crippen molar-refractivity contribution in [2.24, 2.45) is 5.92 Å². The number of aromatic nitrogens is 2. The van der Waals surface area contributed by atoms with E-state index in [1.165, 1.54) is 19.3 Å². The van der Waals surface area contributed by atoms with Crippen LogP contribution in [0.4, 0.5) is 11.6 Å². The van der Waals surface area contributed by atoms with Crippen LogP contribution >= 0.6 is 0 Å². The van der Waals surface area contributed by atoms with Gasteiger partial charge in [-0.25, -0.2) is 9.97 Å². The number of rotatable bonds is 5. The van der Waals surface area contributed by atoms with Crippen LogP contribution in [0.1, 0.15) is 50.4 Å². The van der Waals surface area contributed by atoms with E-state index in [0.717, 1.165) is 23.8 Å². The maximum atomic E-state index is 5.93. The van der Waals surface area contributed by atoms with Gasteiger partial charge in [0.15, 0.2) is 0 Å². The topological polar surface area (TPSA) is 63.8 Å². The molecule has 0 spiro atoms. The van der Waals surface area contributed by atoms with Gasteiger partial charge in [0.05, 0.1) is 0 Å². The van der Waals surface area contributed by atoms with E-state index < -0.39 is 0 Å². The predicted molar refractivity (Wildman–Crippen MR) is 71.1 cm³/mol. The lowest BCUT2D eigenvalue weighted by Gasteiger charge is -2.14. The second-order valence-electron chi connectivity index (χ2n) is 5.11. The first kappa shape index (κ1) is 12.1. The van der Waals surface area contributed by atoms with Crippen LogP contribution < -0.4 is 11.1 Å². The minimum Gasteiger partial charge on any atom is -0.383 e. The molecule has 4 heteroatoms. The van der Waals surface area contributed by atoms with Gasteiger partial charge in [-0.15, -0.1) is 0 Å². The summed E-state index contributed by atoms with van der Waals surface area (Å²) in [5, 5.41) is 3.40. The van der Waals surface area contributed by atoms with Crippen molar-refractivity contribution in [1.29, 1.82) is 0 Å². The summed E-state index contributed by atoms with van der Waals surface area (Å²) in [7, 11) is 0. The lowest BCUT2D eigenvalue weighted by Crippen LogP contribution is -2.14. The molecule has 94 valence electrons. The molecule has 1 heterocycles. The number of hydrogen-bond donors (Lipinski definition) is 2. The third-order valence-electron chi connectivity index (χ3n) is 3.46. The van der Waals surface area contributed by atoms with Crippen molar-refractivity contribution in [3.05, 3.63) is 11.4 Å². The monoisotopic (exact) mass is 234 g/mol. The minimum atomic E-state index is 0.544. The molecule has 1 unspecified atom stereocenters. The Morgan fingerprint density at radius 2 is 2.12 bits per heavy atom. The highest BCUT2D eigenvalue weighted by molar-refractivity contribution is 5.55. The van der Waals surface area contributed by atoms with Crippen LogP contribution in [-0.4, -0.2) is 16.5 Å². The Kier molecular flexibility index (Phi) is 3.50. The molecule has 1 aromatic heterocycles. The van der Waals surface area contributed by atoms with E-state index in [9.17, 15) is 0 Å². The molecule has 0 amide bonds. The fourth-order valence-electron chi connectivity index (χ4n) is 1.66. The second kappa shape index (κ2) is 4.90. The Morgan fingerprint density at radius 3 is 2.71 bits per heavy atom. The van der Waals surface area contributed by atoms with Crippen molar-refractivity contribution in [1.82, 2.24) is 9.97 Å². The fourth-order valence-corrected chi connectivity index (χ4v) is 1.66. The molecule has 17 heavy (non-hydrogen) atoms. The molecule has 1 atom stereocenters. The smallest absolute Gasteiger partial charge is 0.136 e. The molecule has 0 bridgehead atoms. The Morgan fingerprint density at radius 1 is 1.41 bits per heavy atom. The van der Waals surface area contributed by atoms with E-state index in [2.05, 4.69) is 29.1 Å². The van der Waals surface area contributed by atoms with Crippen LogP contribution in [0.15, 0.2) is 0 Å². The first-order valence-corrected chi connectivity index (χ1v) is 6.49. The van der Waals surface area contributed by atoms with E-state index in [4.69, 9.17) is 5.73 Å². The van der Waals surface area contributed by atoms with Gasteiger partial charge in [0, 0.05) is 18.0 Å². The Balaban J connectivity index is 2.13. The number of nitrogens with two attached hydrogens (primary N) is 1. The highest BCUT2D eigenvalue weighted by atomic mass is 15.1. The highest BCUT2D eigenvalue weighted by Gasteiger charge is 2.27. The van der Waals surface area contributed by atoms with Crippen LogP contribution in [0.25, 0.3) is 0 Å². The summed E-state index contributed by atoms with van der Waals surface area (Å²) in [5.74, 6) is 3.64. The van der Waals surface area contributed by atoms with Gasteiger partial charge in [-0.3, -0.25) is 0 Å². The molecule has 2 rings (SSSR count). The van der Waals surface area contributed by atoms with Crippen LogP contribution in [0.3, 0.4) is 0 Å². The number of nitrogen functional groups attached to an aromatic ring is 1. The van der Waals surface area contributed by atoms with Crippen LogP contribution in [-0.2, 0) is 0 Å². The van der Waals surface area contributed by atoms with Crippen molar-refractivity contribution < 1.29 is 0 Å². The van der Waals surface area contributed by atoms with E-state index >= 15 is 0 Å². The summed E-state index contributed by atoms with van der Waals surface area (Å²) in [6.07, 6.45) is 3.57. The maximum absolute atomic E-state index is 5.93. The van der Waals surface area contributed by atoms with Crippen molar-refractivity contribution in [3.63, 3.8) is 0 Å². The van der Waals surface area contributed by atoms with Gasteiger partial charge in [0.25, 0.3) is 0 Å². The summed E-state index contributed by atoms with van der Waals surface area (Å²) >= 11 is 0. The second-order valence-corrected chi connectivity index (χ2v) is 5.11. The van der Waals surface area contributed by atoms with Gasteiger partial charge < -0.3 is 11.1 Å². The molecule has 4 nitrogen and oxygen atoms in total. The first-order chi connectivity index (χ1) is 8.11. The molecule has 3 N–H and O–H groups in total. The molecule has 1 saturated carbocycles. The Hall–Kier alpha value is -1.32. The molecular formula is C13H22N4. The molecular weight excluding hydrogens is 212 g/mol. The SMILES string of the molecule is CCC(C)CNc1nc(C2CC2)nc(N)c1C. The number of hydrogen-bond acceptors (Lipinski definition) is 4. The molecule has 1 aromatic rings. The lowest BCUT2D eigenvalue weighted by molar-refractivity contribution is 0.592. The summed E-state index contributed by atoms with van der Waals surface area (Å²) in [6.45, 7) is 7.35.